The maximum atomic E-state index is 10.3. The number of hydrogen-bond acceptors (Lipinski definition) is 5. The van der Waals surface area contributed by atoms with E-state index in [2.05, 4.69) is 25.5 Å². The van der Waals surface area contributed by atoms with Crippen LogP contribution in [-0.4, -0.2) is 26.8 Å². The van der Waals surface area contributed by atoms with Crippen molar-refractivity contribution in [3.8, 4) is 5.88 Å². The number of aromatic nitrogens is 2. The van der Waals surface area contributed by atoms with Gasteiger partial charge in [0.05, 0.1) is 11.6 Å². The van der Waals surface area contributed by atoms with Gasteiger partial charge in [-0.15, -0.1) is 0 Å². The molecule has 6 heteroatoms. The molecule has 6 nitrogen and oxygen atoms in total. The largest absolute Gasteiger partial charge is 0.492 e. The lowest BCUT2D eigenvalue weighted by Crippen LogP contribution is -2.54. The molecule has 0 saturated heterocycles. The number of nitrogens with zero attached hydrogens (tertiary/aromatic N) is 3. The zero-order valence-electron chi connectivity index (χ0n) is 15.2. The van der Waals surface area contributed by atoms with Gasteiger partial charge in [0.2, 0.25) is 11.8 Å². The highest BCUT2D eigenvalue weighted by Gasteiger charge is 2.51. The van der Waals surface area contributed by atoms with Crippen LogP contribution in [0.3, 0.4) is 0 Å². The monoisotopic (exact) mass is 361 g/mol. The van der Waals surface area contributed by atoms with Crippen LogP contribution < -0.4 is 15.9 Å². The normalized spacial score (nSPS) is 33.3. The van der Waals surface area contributed by atoms with Crippen LogP contribution in [0.1, 0.15) is 49.8 Å². The molecule has 138 valence electrons. The maximum Gasteiger partial charge on any atom is 0.238 e. The average Bonchev–Trinajstić information content (AvgIpc) is 3.19. The molecule has 4 fully saturated rings. The Labute approximate surface area is 157 Å². The highest BCUT2D eigenvalue weighted by atomic mass is 16.3. The lowest BCUT2D eigenvalue weighted by Gasteiger charge is -2.56. The Morgan fingerprint density at radius 1 is 1.11 bits per heavy atom. The first-order chi connectivity index (χ1) is 13.1. The molecule has 1 aromatic carbocycles. The van der Waals surface area contributed by atoms with Gasteiger partial charge in [-0.3, -0.25) is 0 Å². The molecule has 5 aliphatic rings. The molecule has 4 saturated carbocycles. The molecule has 1 aromatic heterocycles. The summed E-state index contributed by atoms with van der Waals surface area (Å²) >= 11 is 0. The zero-order valence-corrected chi connectivity index (χ0v) is 15.2. The fourth-order valence-corrected chi connectivity index (χ4v) is 6.23. The minimum Gasteiger partial charge on any atom is -0.492 e. The summed E-state index contributed by atoms with van der Waals surface area (Å²) in [6.07, 6.45) is 11.6. The number of fused-ring (bicyclic) bond motifs is 1. The third-order valence-corrected chi connectivity index (χ3v) is 6.86. The molecule has 0 amide bonds. The SMILES string of the molecule is Oc1nc(NC23CC4CC(CC(C4)C2)C3)[nH]c1/C=c1\ccc2c(c1)C=NN=2. The van der Waals surface area contributed by atoms with Crippen LogP contribution in [0.4, 0.5) is 5.95 Å². The summed E-state index contributed by atoms with van der Waals surface area (Å²) in [7, 11) is 0. The van der Waals surface area contributed by atoms with Gasteiger partial charge in [-0.2, -0.15) is 15.2 Å². The smallest absolute Gasteiger partial charge is 0.238 e. The number of imidazole rings is 1. The molecular weight excluding hydrogens is 338 g/mol. The van der Waals surface area contributed by atoms with Crippen LogP contribution >= 0.6 is 0 Å². The quantitative estimate of drug-likeness (QED) is 0.784. The molecule has 7 rings (SSSR count). The van der Waals surface area contributed by atoms with Crippen LogP contribution in [0.2, 0.25) is 0 Å². The van der Waals surface area contributed by atoms with Crippen LogP contribution in [0, 0.1) is 17.8 Å². The van der Waals surface area contributed by atoms with E-state index in [-0.39, 0.29) is 11.4 Å². The second-order valence-corrected chi connectivity index (χ2v) is 8.95. The molecule has 0 unspecified atom stereocenters. The highest BCUT2D eigenvalue weighted by Crippen LogP contribution is 2.56. The van der Waals surface area contributed by atoms with Crippen molar-refractivity contribution >= 4 is 18.2 Å². The minimum absolute atomic E-state index is 0.0427. The molecule has 0 atom stereocenters. The summed E-state index contributed by atoms with van der Waals surface area (Å²) < 4.78 is 0. The third-order valence-electron chi connectivity index (χ3n) is 6.86. The number of benzene rings is 1. The molecule has 27 heavy (non-hydrogen) atoms. The van der Waals surface area contributed by atoms with E-state index in [1.807, 2.05) is 24.3 Å². The van der Waals surface area contributed by atoms with Crippen molar-refractivity contribution in [3.63, 3.8) is 0 Å². The van der Waals surface area contributed by atoms with E-state index in [1.165, 1.54) is 38.5 Å². The van der Waals surface area contributed by atoms with Gasteiger partial charge in [0.15, 0.2) is 0 Å². The number of nitrogens with one attached hydrogen (secondary N) is 2. The molecule has 4 bridgehead atoms. The molecule has 0 spiro atoms. The van der Waals surface area contributed by atoms with E-state index in [0.717, 1.165) is 33.9 Å². The van der Waals surface area contributed by atoms with E-state index in [0.29, 0.717) is 11.6 Å². The summed E-state index contributed by atoms with van der Waals surface area (Å²) in [6, 6.07) is 5.93. The summed E-state index contributed by atoms with van der Waals surface area (Å²) in [5.74, 6) is 3.35. The molecule has 2 aromatic rings. The van der Waals surface area contributed by atoms with Crippen molar-refractivity contribution in [2.45, 2.75) is 44.1 Å². The zero-order chi connectivity index (χ0) is 18.0. The van der Waals surface area contributed by atoms with Crippen molar-refractivity contribution in [1.82, 2.24) is 9.97 Å². The van der Waals surface area contributed by atoms with Crippen molar-refractivity contribution in [1.29, 1.82) is 0 Å². The summed E-state index contributed by atoms with van der Waals surface area (Å²) in [6.45, 7) is 0. The molecule has 4 aliphatic carbocycles. The predicted octanol–water partition coefficient (Wildman–Crippen LogP) is 2.29. The van der Waals surface area contributed by atoms with E-state index < -0.39 is 0 Å². The number of aromatic amines is 1. The van der Waals surface area contributed by atoms with Gasteiger partial charge < -0.3 is 15.4 Å². The summed E-state index contributed by atoms with van der Waals surface area (Å²) in [5.41, 5.74) is 1.80. The van der Waals surface area contributed by atoms with E-state index >= 15 is 0 Å². The summed E-state index contributed by atoms with van der Waals surface area (Å²) in [4.78, 5) is 7.66. The van der Waals surface area contributed by atoms with E-state index in [9.17, 15) is 5.11 Å². The number of aromatic hydroxyl groups is 1. The van der Waals surface area contributed by atoms with Crippen molar-refractivity contribution < 1.29 is 5.11 Å². The fraction of sp³-hybridized carbons (Fsp3) is 0.476. The molecule has 3 N–H and O–H groups in total. The average molecular weight is 361 g/mol. The predicted molar refractivity (Wildman–Crippen MR) is 103 cm³/mol. The number of anilines is 1. The molecular formula is C21H23N5O. The van der Waals surface area contributed by atoms with E-state index in [1.54, 1.807) is 6.21 Å². The van der Waals surface area contributed by atoms with E-state index in [4.69, 9.17) is 0 Å². The lowest BCUT2D eigenvalue weighted by molar-refractivity contribution is 0.0104. The molecule has 2 heterocycles. The number of H-pyrrole nitrogens is 1. The maximum absolute atomic E-state index is 10.3. The highest BCUT2D eigenvalue weighted by molar-refractivity contribution is 5.80. The van der Waals surface area contributed by atoms with Crippen LogP contribution in [0.25, 0.3) is 6.08 Å². The Bertz CT molecular complexity index is 1030. The Morgan fingerprint density at radius 3 is 2.59 bits per heavy atom. The standard InChI is InChI=1S/C21H23N5O/c27-19-18(7-12-1-2-17-16(6-12)11-22-26-17)23-20(24-19)25-21-8-13-3-14(9-21)5-15(4-13)10-21/h1-2,6-7,11,13-15,27H,3-5,8-10H2,(H2,23,24,25)/b12-7+. The second-order valence-electron chi connectivity index (χ2n) is 8.95. The topological polar surface area (TPSA) is 85.7 Å². The van der Waals surface area contributed by atoms with Gasteiger partial charge in [0.1, 0.15) is 5.69 Å². The van der Waals surface area contributed by atoms with Gasteiger partial charge in [0, 0.05) is 11.1 Å². The first-order valence-electron chi connectivity index (χ1n) is 9.94. The Morgan fingerprint density at radius 2 is 1.85 bits per heavy atom. The van der Waals surface area contributed by atoms with Gasteiger partial charge in [-0.25, -0.2) is 0 Å². The number of rotatable bonds is 3. The van der Waals surface area contributed by atoms with Gasteiger partial charge in [-0.05, 0) is 79.7 Å². The Balaban J connectivity index is 1.30. The first-order valence-corrected chi connectivity index (χ1v) is 9.94. The van der Waals surface area contributed by atoms with Gasteiger partial charge in [0.25, 0.3) is 0 Å². The van der Waals surface area contributed by atoms with Crippen LogP contribution in [0.15, 0.2) is 28.4 Å². The number of hydrogen-bond donors (Lipinski definition) is 3. The second kappa shape index (κ2) is 5.44. The van der Waals surface area contributed by atoms with Crippen molar-refractivity contribution in [2.75, 3.05) is 5.32 Å². The third kappa shape index (κ3) is 2.58. The Kier molecular flexibility index (Phi) is 3.11. The van der Waals surface area contributed by atoms with Crippen LogP contribution in [-0.2, 0) is 0 Å². The van der Waals surface area contributed by atoms with Crippen molar-refractivity contribution in [2.24, 2.45) is 28.0 Å². The fourth-order valence-electron chi connectivity index (χ4n) is 6.23. The minimum atomic E-state index is 0.0427. The van der Waals surface area contributed by atoms with Crippen LogP contribution in [0.5, 0.6) is 5.88 Å². The first kappa shape index (κ1) is 15.4. The Hall–Kier alpha value is -2.63. The summed E-state index contributed by atoms with van der Waals surface area (Å²) in [5, 5.41) is 23.9. The lowest BCUT2D eigenvalue weighted by atomic mass is 9.53. The van der Waals surface area contributed by atoms with Crippen molar-refractivity contribution in [3.05, 3.63) is 40.0 Å². The van der Waals surface area contributed by atoms with Gasteiger partial charge in [-0.1, -0.05) is 6.07 Å². The van der Waals surface area contributed by atoms with Gasteiger partial charge >= 0.3 is 0 Å². The molecule has 0 radical (unpaired) electrons. The molecule has 1 aliphatic heterocycles.